The molecule has 0 rings (SSSR count). The molecule has 0 unspecified atom stereocenters. The topological polar surface area (TPSA) is 72.8 Å². The van der Waals surface area contributed by atoms with Gasteiger partial charge in [0, 0.05) is 6.61 Å². The predicted octanol–water partition coefficient (Wildman–Crippen LogP) is -3.10. The van der Waals surface area contributed by atoms with E-state index in [1.807, 2.05) is 0 Å². The average molecular weight is 248 g/mol. The van der Waals surface area contributed by atoms with Gasteiger partial charge in [-0.15, -0.1) is 0 Å². The molecule has 0 amide bonds. The fourth-order valence-corrected chi connectivity index (χ4v) is 0.864. The Morgan fingerprint density at radius 3 is 2.29 bits per heavy atom. The van der Waals surface area contributed by atoms with Crippen LogP contribution in [0.1, 0.15) is 0 Å². The summed E-state index contributed by atoms with van der Waals surface area (Å²) in [6.07, 6.45) is 1.36. The Hall–Kier alpha value is 1.21. The van der Waals surface area contributed by atoms with E-state index in [1.54, 1.807) is 0 Å². The smallest absolute Gasteiger partial charge is 0.516 e. The zero-order valence-electron chi connectivity index (χ0n) is 8.18. The van der Waals surface area contributed by atoms with Crippen molar-refractivity contribution in [2.24, 2.45) is 0 Å². The first-order valence-electron chi connectivity index (χ1n) is 3.70. The molecule has 0 bridgehead atoms. The molecule has 0 fully saturated rings. The van der Waals surface area contributed by atoms with Crippen LogP contribution in [0.3, 0.4) is 0 Å². The van der Waals surface area contributed by atoms with E-state index in [0.29, 0.717) is 13.2 Å². The molecular formula is C7H13KO5S. The van der Waals surface area contributed by atoms with Gasteiger partial charge in [-0.2, -0.15) is 8.42 Å². The molecule has 0 spiro atoms. The van der Waals surface area contributed by atoms with Gasteiger partial charge in [-0.3, -0.25) is 4.55 Å². The summed E-state index contributed by atoms with van der Waals surface area (Å²) in [5.41, 5.74) is 0. The van der Waals surface area contributed by atoms with Crippen LogP contribution >= 0.6 is 0 Å². The van der Waals surface area contributed by atoms with E-state index >= 15 is 0 Å². The van der Waals surface area contributed by atoms with Crippen molar-refractivity contribution < 1.29 is 73.8 Å². The maximum atomic E-state index is 10.2. The first-order valence-corrected chi connectivity index (χ1v) is 5.31. The standard InChI is InChI=1S/C7H13O5S.K/c1-2-3-11-4-5-12-6-7-13(8,9)10;/h1-2H,3-7H2,(H,8,9,10);/q-1;+1. The third-order valence-corrected chi connectivity index (χ3v) is 1.75. The number of rotatable bonds is 8. The molecule has 14 heavy (non-hydrogen) atoms. The van der Waals surface area contributed by atoms with Crippen molar-refractivity contribution >= 4 is 10.1 Å². The van der Waals surface area contributed by atoms with Crippen molar-refractivity contribution in [1.29, 1.82) is 0 Å². The van der Waals surface area contributed by atoms with E-state index in [-0.39, 0.29) is 64.6 Å². The SMILES string of the molecule is [CH-]=CCOCCOCCS(=O)(=O)O.[K+]. The minimum atomic E-state index is -3.91. The van der Waals surface area contributed by atoms with Crippen molar-refractivity contribution in [2.75, 3.05) is 32.2 Å². The monoisotopic (exact) mass is 248 g/mol. The van der Waals surface area contributed by atoms with E-state index in [1.165, 1.54) is 6.08 Å². The molecular weight excluding hydrogens is 235 g/mol. The maximum absolute atomic E-state index is 10.2. The van der Waals surface area contributed by atoms with Gasteiger partial charge in [0.15, 0.2) is 0 Å². The van der Waals surface area contributed by atoms with Gasteiger partial charge in [-0.1, -0.05) is 0 Å². The number of hydrogen-bond acceptors (Lipinski definition) is 4. The minimum Gasteiger partial charge on any atom is -0.516 e. The van der Waals surface area contributed by atoms with Crippen molar-refractivity contribution in [3.8, 4) is 0 Å². The van der Waals surface area contributed by atoms with Gasteiger partial charge in [-0.05, 0) is 0 Å². The van der Waals surface area contributed by atoms with Crippen molar-refractivity contribution in [3.63, 3.8) is 0 Å². The van der Waals surface area contributed by atoms with Crippen LogP contribution in [0.15, 0.2) is 6.08 Å². The molecule has 5 nitrogen and oxygen atoms in total. The number of ether oxygens (including phenoxy) is 2. The van der Waals surface area contributed by atoms with Crippen LogP contribution in [-0.4, -0.2) is 45.2 Å². The molecule has 7 heteroatoms. The molecule has 0 aliphatic carbocycles. The van der Waals surface area contributed by atoms with Gasteiger partial charge in [-0.25, -0.2) is 6.08 Å². The molecule has 0 radical (unpaired) electrons. The van der Waals surface area contributed by atoms with E-state index in [2.05, 4.69) is 0 Å². The Morgan fingerprint density at radius 2 is 1.79 bits per heavy atom. The van der Waals surface area contributed by atoms with Gasteiger partial charge in [0.1, 0.15) is 0 Å². The van der Waals surface area contributed by atoms with Crippen LogP contribution in [0.25, 0.3) is 0 Å². The summed E-state index contributed by atoms with van der Waals surface area (Å²) in [7, 11) is -3.91. The third kappa shape index (κ3) is 15.7. The van der Waals surface area contributed by atoms with Crippen molar-refractivity contribution in [1.82, 2.24) is 0 Å². The molecule has 1 N–H and O–H groups in total. The molecule has 0 aromatic carbocycles. The van der Waals surface area contributed by atoms with Crippen LogP contribution in [0.4, 0.5) is 0 Å². The Labute approximate surface area is 127 Å². The summed E-state index contributed by atoms with van der Waals surface area (Å²) < 4.78 is 38.4. The Kier molecular flexibility index (Phi) is 13.5. The molecule has 78 valence electrons. The predicted molar refractivity (Wildman–Crippen MR) is 46.9 cm³/mol. The Bertz CT molecular complexity index is 226. The molecule has 0 aliphatic rings. The molecule has 0 saturated heterocycles. The van der Waals surface area contributed by atoms with Crippen LogP contribution in [0, 0.1) is 6.58 Å². The van der Waals surface area contributed by atoms with Crippen molar-refractivity contribution in [3.05, 3.63) is 12.7 Å². The fourth-order valence-electron chi connectivity index (χ4n) is 0.536. The zero-order chi connectivity index (χ0) is 10.2. The second-order valence-corrected chi connectivity index (χ2v) is 3.78. The Morgan fingerprint density at radius 1 is 1.21 bits per heavy atom. The van der Waals surface area contributed by atoms with Gasteiger partial charge >= 0.3 is 51.4 Å². The van der Waals surface area contributed by atoms with Crippen LogP contribution in [0.5, 0.6) is 0 Å². The third-order valence-electron chi connectivity index (χ3n) is 1.07. The first kappa shape index (κ1) is 17.6. The maximum Gasteiger partial charge on any atom is 1.00 e. The van der Waals surface area contributed by atoms with E-state index in [0.717, 1.165) is 0 Å². The molecule has 0 atom stereocenters. The fraction of sp³-hybridized carbons (Fsp3) is 0.714. The van der Waals surface area contributed by atoms with E-state index in [4.69, 9.17) is 20.6 Å². The summed E-state index contributed by atoms with van der Waals surface area (Å²) in [6.45, 7) is 5.95. The average Bonchev–Trinajstić information content (AvgIpc) is 2.01. The van der Waals surface area contributed by atoms with E-state index in [9.17, 15) is 8.42 Å². The first-order chi connectivity index (χ1) is 6.06. The van der Waals surface area contributed by atoms with Crippen LogP contribution < -0.4 is 51.4 Å². The van der Waals surface area contributed by atoms with Gasteiger partial charge in [0.25, 0.3) is 10.1 Å². The molecule has 0 aromatic heterocycles. The quantitative estimate of drug-likeness (QED) is 0.213. The summed E-state index contributed by atoms with van der Waals surface area (Å²) >= 11 is 0. The van der Waals surface area contributed by atoms with Gasteiger partial charge in [0.05, 0.1) is 25.6 Å². The summed E-state index contributed by atoms with van der Waals surface area (Å²) in [5, 5.41) is 0. The normalized spacial score (nSPS) is 10.6. The summed E-state index contributed by atoms with van der Waals surface area (Å²) in [5.74, 6) is -0.393. The molecule has 0 aliphatic heterocycles. The summed E-state index contributed by atoms with van der Waals surface area (Å²) in [4.78, 5) is 0. The number of hydrogen-bond donors (Lipinski definition) is 1. The minimum absolute atomic E-state index is 0. The molecule has 0 heterocycles. The second-order valence-electron chi connectivity index (χ2n) is 2.21. The molecule has 0 saturated carbocycles. The largest absolute Gasteiger partial charge is 1.00 e. The second kappa shape index (κ2) is 10.7. The van der Waals surface area contributed by atoms with Crippen LogP contribution in [-0.2, 0) is 19.6 Å². The zero-order valence-corrected chi connectivity index (χ0v) is 12.1. The summed E-state index contributed by atoms with van der Waals surface area (Å²) in [6, 6.07) is 0. The van der Waals surface area contributed by atoms with Gasteiger partial charge in [0.2, 0.25) is 0 Å². The Balaban J connectivity index is 0. The van der Waals surface area contributed by atoms with Gasteiger partial charge < -0.3 is 16.1 Å². The van der Waals surface area contributed by atoms with Crippen LogP contribution in [0.2, 0.25) is 0 Å². The van der Waals surface area contributed by atoms with E-state index < -0.39 is 15.9 Å². The molecule has 0 aromatic rings. The van der Waals surface area contributed by atoms with Crippen molar-refractivity contribution in [2.45, 2.75) is 0 Å².